The summed E-state index contributed by atoms with van der Waals surface area (Å²) in [6, 6.07) is 7.75. The van der Waals surface area contributed by atoms with Crippen LogP contribution in [0.3, 0.4) is 0 Å². The molecule has 2 heterocycles. The van der Waals surface area contributed by atoms with Gasteiger partial charge in [-0.05, 0) is 31.2 Å². The third-order valence-electron chi connectivity index (χ3n) is 3.79. The molecule has 0 radical (unpaired) electrons. The molecule has 0 bridgehead atoms. The summed E-state index contributed by atoms with van der Waals surface area (Å²) in [6.45, 7) is 1.37. The van der Waals surface area contributed by atoms with Crippen molar-refractivity contribution in [1.82, 2.24) is 19.6 Å². The highest BCUT2D eigenvalue weighted by Gasteiger charge is 2.34. The number of alkyl halides is 3. The van der Waals surface area contributed by atoms with Crippen molar-refractivity contribution >= 4 is 11.6 Å². The molecular formula is C17H14F3N5O2. The number of carbonyl (C=O) groups excluding carboxylic acids is 1. The first-order chi connectivity index (χ1) is 12.8. The summed E-state index contributed by atoms with van der Waals surface area (Å²) in [7, 11) is 0. The average molecular weight is 377 g/mol. The summed E-state index contributed by atoms with van der Waals surface area (Å²) in [5.41, 5.74) is -1.94. The molecule has 0 aliphatic rings. The quantitative estimate of drug-likeness (QED) is 0.758. The summed E-state index contributed by atoms with van der Waals surface area (Å²) < 4.78 is 41.5. The summed E-state index contributed by atoms with van der Waals surface area (Å²) >= 11 is 0. The van der Waals surface area contributed by atoms with Gasteiger partial charge in [0, 0.05) is 18.5 Å². The minimum atomic E-state index is -4.62. The summed E-state index contributed by atoms with van der Waals surface area (Å²) in [5, 5.41) is 10.3. The van der Waals surface area contributed by atoms with Gasteiger partial charge in [0.2, 0.25) is 5.91 Å². The molecule has 7 nitrogen and oxygen atoms in total. The standard InChI is InChI=1S/C17H14F3N5O2/c1-11(16(27)22-13-6-3-2-5-12(13)17(18,19)20)25-15(26)8-7-14(23-25)24-10-4-9-21-24/h2-11H,1H3,(H,22,27). The van der Waals surface area contributed by atoms with Crippen molar-refractivity contribution in [3.63, 3.8) is 0 Å². The van der Waals surface area contributed by atoms with Crippen LogP contribution in [0.5, 0.6) is 0 Å². The summed E-state index contributed by atoms with van der Waals surface area (Å²) in [5.74, 6) is -0.520. The molecule has 0 aliphatic heterocycles. The first-order valence-electron chi connectivity index (χ1n) is 7.84. The lowest BCUT2D eigenvalue weighted by molar-refractivity contribution is -0.137. The minimum Gasteiger partial charge on any atom is -0.324 e. The highest BCUT2D eigenvalue weighted by Crippen LogP contribution is 2.34. The van der Waals surface area contributed by atoms with Crippen molar-refractivity contribution in [2.75, 3.05) is 5.32 Å². The number of nitrogens with zero attached hydrogens (tertiary/aromatic N) is 4. The maximum Gasteiger partial charge on any atom is 0.418 e. The van der Waals surface area contributed by atoms with Crippen molar-refractivity contribution < 1.29 is 18.0 Å². The topological polar surface area (TPSA) is 81.8 Å². The predicted octanol–water partition coefficient (Wildman–Crippen LogP) is 2.65. The zero-order chi connectivity index (χ0) is 19.6. The van der Waals surface area contributed by atoms with E-state index in [9.17, 15) is 22.8 Å². The second-order valence-electron chi connectivity index (χ2n) is 5.63. The minimum absolute atomic E-state index is 0.287. The van der Waals surface area contributed by atoms with Gasteiger partial charge in [0.25, 0.3) is 5.56 Å². The molecule has 1 unspecified atom stereocenters. The number of aromatic nitrogens is 4. The number of carbonyl (C=O) groups is 1. The summed E-state index contributed by atoms with van der Waals surface area (Å²) in [6.07, 6.45) is -1.51. The number of amides is 1. The van der Waals surface area contributed by atoms with Gasteiger partial charge >= 0.3 is 6.18 Å². The molecule has 1 atom stereocenters. The zero-order valence-electron chi connectivity index (χ0n) is 14.0. The van der Waals surface area contributed by atoms with Crippen LogP contribution in [0.1, 0.15) is 18.5 Å². The lowest BCUT2D eigenvalue weighted by Gasteiger charge is -2.17. The van der Waals surface area contributed by atoms with Gasteiger partial charge in [0.05, 0.1) is 11.3 Å². The fraction of sp³-hybridized carbons (Fsp3) is 0.176. The Morgan fingerprint density at radius 3 is 2.56 bits per heavy atom. The largest absolute Gasteiger partial charge is 0.418 e. The Labute approximate surface area is 151 Å². The number of halogens is 3. The van der Waals surface area contributed by atoms with Crippen LogP contribution in [0, 0.1) is 0 Å². The van der Waals surface area contributed by atoms with E-state index in [1.165, 1.54) is 42.1 Å². The van der Waals surface area contributed by atoms with Crippen molar-refractivity contribution in [2.45, 2.75) is 19.1 Å². The van der Waals surface area contributed by atoms with Crippen LogP contribution in [-0.2, 0) is 11.0 Å². The fourth-order valence-corrected chi connectivity index (χ4v) is 2.41. The second-order valence-corrected chi connectivity index (χ2v) is 5.63. The lowest BCUT2D eigenvalue weighted by atomic mass is 10.1. The monoisotopic (exact) mass is 377 g/mol. The van der Waals surface area contributed by atoms with E-state index >= 15 is 0 Å². The van der Waals surface area contributed by atoms with Crippen molar-refractivity contribution in [2.24, 2.45) is 0 Å². The summed E-state index contributed by atoms with van der Waals surface area (Å²) in [4.78, 5) is 24.5. The van der Waals surface area contributed by atoms with Gasteiger partial charge in [0.15, 0.2) is 5.82 Å². The molecule has 2 aromatic heterocycles. The first-order valence-corrected chi connectivity index (χ1v) is 7.84. The second kappa shape index (κ2) is 7.06. The van der Waals surface area contributed by atoms with Gasteiger partial charge in [-0.1, -0.05) is 12.1 Å². The Bertz CT molecular complexity index is 1010. The molecule has 0 saturated heterocycles. The molecule has 140 valence electrons. The van der Waals surface area contributed by atoms with Crippen LogP contribution in [0.2, 0.25) is 0 Å². The van der Waals surface area contributed by atoms with Crippen LogP contribution in [0.15, 0.2) is 59.7 Å². The zero-order valence-corrected chi connectivity index (χ0v) is 14.0. The van der Waals surface area contributed by atoms with Gasteiger partial charge in [-0.3, -0.25) is 9.59 Å². The van der Waals surface area contributed by atoms with Gasteiger partial charge in [-0.25, -0.2) is 9.36 Å². The predicted molar refractivity (Wildman–Crippen MR) is 90.4 cm³/mol. The Balaban J connectivity index is 1.89. The Kier molecular flexibility index (Phi) is 4.80. The smallest absolute Gasteiger partial charge is 0.324 e. The van der Waals surface area contributed by atoms with E-state index < -0.39 is 34.9 Å². The van der Waals surface area contributed by atoms with Crippen LogP contribution in [0.25, 0.3) is 5.82 Å². The van der Waals surface area contributed by atoms with Gasteiger partial charge in [0.1, 0.15) is 6.04 Å². The Morgan fingerprint density at radius 2 is 1.89 bits per heavy atom. The highest BCUT2D eigenvalue weighted by atomic mass is 19.4. The maximum atomic E-state index is 13.1. The van der Waals surface area contributed by atoms with Crippen molar-refractivity contribution in [3.8, 4) is 5.82 Å². The fourth-order valence-electron chi connectivity index (χ4n) is 2.41. The van der Waals surface area contributed by atoms with E-state index in [-0.39, 0.29) is 5.82 Å². The number of benzene rings is 1. The van der Waals surface area contributed by atoms with Crippen molar-refractivity contribution in [1.29, 1.82) is 0 Å². The van der Waals surface area contributed by atoms with Gasteiger partial charge < -0.3 is 5.32 Å². The van der Waals surface area contributed by atoms with Crippen LogP contribution >= 0.6 is 0 Å². The normalized spacial score (nSPS) is 12.6. The SMILES string of the molecule is CC(C(=O)Nc1ccccc1C(F)(F)F)n1nc(-n2cccn2)ccc1=O. The lowest BCUT2D eigenvalue weighted by Crippen LogP contribution is -2.34. The molecule has 1 amide bonds. The average Bonchev–Trinajstić information content (AvgIpc) is 3.15. The maximum absolute atomic E-state index is 13.1. The van der Waals surface area contributed by atoms with E-state index in [2.05, 4.69) is 15.5 Å². The van der Waals surface area contributed by atoms with Crippen LogP contribution < -0.4 is 10.9 Å². The molecular weight excluding hydrogens is 363 g/mol. The number of para-hydroxylation sites is 1. The van der Waals surface area contributed by atoms with Crippen LogP contribution in [-0.4, -0.2) is 25.5 Å². The van der Waals surface area contributed by atoms with Crippen LogP contribution in [0.4, 0.5) is 18.9 Å². The molecule has 0 fully saturated rings. The van der Waals surface area contributed by atoms with E-state index in [1.54, 1.807) is 12.3 Å². The number of anilines is 1. The number of hydrogen-bond acceptors (Lipinski definition) is 4. The van der Waals surface area contributed by atoms with E-state index in [0.717, 1.165) is 16.8 Å². The van der Waals surface area contributed by atoms with E-state index in [0.29, 0.717) is 0 Å². The van der Waals surface area contributed by atoms with E-state index in [1.807, 2.05) is 0 Å². The van der Waals surface area contributed by atoms with Gasteiger partial charge in [-0.2, -0.15) is 18.3 Å². The molecule has 0 aliphatic carbocycles. The number of rotatable bonds is 4. The number of hydrogen-bond donors (Lipinski definition) is 1. The van der Waals surface area contributed by atoms with E-state index in [4.69, 9.17) is 0 Å². The Morgan fingerprint density at radius 1 is 1.15 bits per heavy atom. The molecule has 10 heteroatoms. The van der Waals surface area contributed by atoms with Gasteiger partial charge in [-0.15, -0.1) is 5.10 Å². The molecule has 3 rings (SSSR count). The highest BCUT2D eigenvalue weighted by molar-refractivity contribution is 5.94. The number of nitrogens with one attached hydrogen (secondary N) is 1. The molecule has 1 N–H and O–H groups in total. The first kappa shape index (κ1) is 18.4. The third-order valence-corrected chi connectivity index (χ3v) is 3.79. The molecule has 1 aromatic carbocycles. The Hall–Kier alpha value is -3.43. The van der Waals surface area contributed by atoms with Crippen molar-refractivity contribution in [3.05, 3.63) is 70.8 Å². The molecule has 3 aromatic rings. The third kappa shape index (κ3) is 3.89. The molecule has 0 spiro atoms. The molecule has 27 heavy (non-hydrogen) atoms. The molecule has 0 saturated carbocycles.